The highest BCUT2D eigenvalue weighted by molar-refractivity contribution is 9.10. The van der Waals surface area contributed by atoms with Gasteiger partial charge in [0.25, 0.3) is 0 Å². The van der Waals surface area contributed by atoms with Crippen LogP contribution >= 0.6 is 15.9 Å². The summed E-state index contributed by atoms with van der Waals surface area (Å²) in [5, 5.41) is 18.8. The third-order valence-electron chi connectivity index (χ3n) is 4.13. The van der Waals surface area contributed by atoms with E-state index in [4.69, 9.17) is 9.47 Å². The van der Waals surface area contributed by atoms with E-state index in [9.17, 15) is 36.6 Å². The largest absolute Gasteiger partial charge is 0.478 e. The molecule has 0 unspecified atom stereocenters. The molecule has 198 valence electrons. The fraction of sp³-hybridized carbons (Fsp3) is 0.545. The van der Waals surface area contributed by atoms with Gasteiger partial charge in [-0.2, -0.15) is 26.3 Å². The molecular formula is C22H27BrF6N2O4. The van der Waals surface area contributed by atoms with Crippen molar-refractivity contribution in [3.05, 3.63) is 46.2 Å². The van der Waals surface area contributed by atoms with E-state index in [0.717, 1.165) is 30.6 Å². The predicted molar refractivity (Wildman–Crippen MR) is 119 cm³/mol. The van der Waals surface area contributed by atoms with E-state index in [0.29, 0.717) is 12.8 Å². The van der Waals surface area contributed by atoms with Gasteiger partial charge >= 0.3 is 12.4 Å². The molecule has 2 aromatic heterocycles. The summed E-state index contributed by atoms with van der Waals surface area (Å²) in [6.07, 6.45) is -6.17. The molecule has 2 rings (SSSR count). The minimum Gasteiger partial charge on any atom is -0.478 e. The number of aromatic nitrogens is 2. The van der Waals surface area contributed by atoms with Crippen molar-refractivity contribution in [1.29, 1.82) is 0 Å². The second-order valence-electron chi connectivity index (χ2n) is 8.70. The first-order valence-corrected chi connectivity index (χ1v) is 11.0. The van der Waals surface area contributed by atoms with Crippen LogP contribution in [-0.2, 0) is 12.4 Å². The van der Waals surface area contributed by atoms with Crippen LogP contribution in [0.5, 0.6) is 11.8 Å². The monoisotopic (exact) mass is 576 g/mol. The van der Waals surface area contributed by atoms with Gasteiger partial charge in [0.05, 0.1) is 35.5 Å². The van der Waals surface area contributed by atoms with Crippen LogP contribution in [0.4, 0.5) is 26.3 Å². The van der Waals surface area contributed by atoms with Gasteiger partial charge in [0.1, 0.15) is 0 Å². The second-order valence-corrected chi connectivity index (χ2v) is 9.56. The van der Waals surface area contributed by atoms with Gasteiger partial charge in [-0.25, -0.2) is 9.97 Å². The number of aliphatic hydroxyl groups is 2. The Hall–Kier alpha value is -2.12. The van der Waals surface area contributed by atoms with Crippen molar-refractivity contribution in [3.8, 4) is 11.8 Å². The highest BCUT2D eigenvalue weighted by Gasteiger charge is 2.34. The molecule has 0 aromatic carbocycles. The molecule has 2 heterocycles. The predicted octanol–water partition coefficient (Wildman–Crippen LogP) is 6.04. The van der Waals surface area contributed by atoms with Crippen LogP contribution < -0.4 is 9.47 Å². The average molecular weight is 577 g/mol. The summed E-state index contributed by atoms with van der Waals surface area (Å²) >= 11 is 2.79. The number of nitrogens with zero attached hydrogens (tertiary/aromatic N) is 2. The summed E-state index contributed by atoms with van der Waals surface area (Å²) < 4.78 is 84.8. The maximum atomic E-state index is 12.6. The second kappa shape index (κ2) is 12.2. The smallest absolute Gasteiger partial charge is 0.417 e. The molecule has 0 spiro atoms. The Kier molecular flexibility index (Phi) is 10.8. The van der Waals surface area contributed by atoms with E-state index in [2.05, 4.69) is 25.9 Å². The van der Waals surface area contributed by atoms with Crippen molar-refractivity contribution < 1.29 is 46.0 Å². The van der Waals surface area contributed by atoms with E-state index in [1.165, 1.54) is 0 Å². The molecule has 0 aliphatic heterocycles. The van der Waals surface area contributed by atoms with E-state index in [-0.39, 0.29) is 29.4 Å². The van der Waals surface area contributed by atoms with Crippen molar-refractivity contribution in [3.63, 3.8) is 0 Å². The van der Waals surface area contributed by atoms with E-state index in [1.54, 1.807) is 27.7 Å². The Morgan fingerprint density at radius 1 is 0.800 bits per heavy atom. The fourth-order valence-electron chi connectivity index (χ4n) is 2.19. The third kappa shape index (κ3) is 13.0. The summed E-state index contributed by atoms with van der Waals surface area (Å²) in [7, 11) is 0. The zero-order valence-corrected chi connectivity index (χ0v) is 21.1. The lowest BCUT2D eigenvalue weighted by Crippen LogP contribution is -2.22. The number of hydrogen-bond donors (Lipinski definition) is 2. The van der Waals surface area contributed by atoms with Crippen molar-refractivity contribution in [2.45, 2.75) is 64.1 Å². The zero-order chi connectivity index (χ0) is 27.1. The molecule has 0 atom stereocenters. The van der Waals surface area contributed by atoms with Gasteiger partial charge in [0.15, 0.2) is 0 Å². The summed E-state index contributed by atoms with van der Waals surface area (Å²) in [6, 6.07) is 2.54. The SMILES string of the molecule is CC(C)(O)CCOc1cc(C(F)(F)F)c(Br)cn1.CC(C)(O)CCOc1cc(C(F)(F)F)ccn1. The molecule has 2 aromatic rings. The first-order chi connectivity index (χ1) is 15.8. The highest BCUT2D eigenvalue weighted by Crippen LogP contribution is 2.36. The maximum absolute atomic E-state index is 12.6. The molecule has 0 radical (unpaired) electrons. The average Bonchev–Trinajstić information content (AvgIpc) is 2.66. The summed E-state index contributed by atoms with van der Waals surface area (Å²) in [5.41, 5.74) is -3.48. The minimum absolute atomic E-state index is 0.0927. The van der Waals surface area contributed by atoms with Crippen molar-refractivity contribution in [2.75, 3.05) is 13.2 Å². The van der Waals surface area contributed by atoms with Crippen molar-refractivity contribution in [2.24, 2.45) is 0 Å². The first-order valence-electron chi connectivity index (χ1n) is 10.2. The normalized spacial score (nSPS) is 12.6. The summed E-state index contributed by atoms with van der Waals surface area (Å²) in [4.78, 5) is 7.39. The van der Waals surface area contributed by atoms with Gasteiger partial charge in [0, 0.05) is 41.8 Å². The van der Waals surface area contributed by atoms with Crippen LogP contribution in [0, 0.1) is 0 Å². The molecule has 13 heteroatoms. The van der Waals surface area contributed by atoms with Gasteiger partial charge < -0.3 is 19.7 Å². The quantitative estimate of drug-likeness (QED) is 0.372. The van der Waals surface area contributed by atoms with Crippen LogP contribution in [0.1, 0.15) is 51.7 Å². The maximum Gasteiger partial charge on any atom is 0.417 e. The number of ether oxygens (including phenoxy) is 2. The van der Waals surface area contributed by atoms with Gasteiger partial charge in [-0.05, 0) is 49.7 Å². The van der Waals surface area contributed by atoms with Gasteiger partial charge in [-0.1, -0.05) is 0 Å². The van der Waals surface area contributed by atoms with Crippen LogP contribution in [0.25, 0.3) is 0 Å². The third-order valence-corrected chi connectivity index (χ3v) is 4.76. The van der Waals surface area contributed by atoms with E-state index >= 15 is 0 Å². The molecule has 0 bridgehead atoms. The lowest BCUT2D eigenvalue weighted by molar-refractivity contribution is -0.138. The number of hydrogen-bond acceptors (Lipinski definition) is 6. The molecule has 35 heavy (non-hydrogen) atoms. The number of pyridine rings is 2. The summed E-state index contributed by atoms with van der Waals surface area (Å²) in [5.74, 6) is -0.209. The van der Waals surface area contributed by atoms with E-state index < -0.39 is 34.7 Å². The molecular weight excluding hydrogens is 550 g/mol. The Labute approximate surface area is 207 Å². The fourth-order valence-corrected chi connectivity index (χ4v) is 2.63. The number of halogens is 7. The van der Waals surface area contributed by atoms with Gasteiger partial charge in [0.2, 0.25) is 11.8 Å². The van der Waals surface area contributed by atoms with Crippen LogP contribution in [0.3, 0.4) is 0 Å². The molecule has 0 saturated heterocycles. The minimum atomic E-state index is -4.46. The molecule has 2 N–H and O–H groups in total. The zero-order valence-electron chi connectivity index (χ0n) is 19.5. The topological polar surface area (TPSA) is 84.7 Å². The molecule has 0 aliphatic carbocycles. The molecule has 0 aliphatic rings. The molecule has 0 fully saturated rings. The number of rotatable bonds is 8. The Bertz CT molecular complexity index is 941. The highest BCUT2D eigenvalue weighted by atomic mass is 79.9. The lowest BCUT2D eigenvalue weighted by atomic mass is 10.1. The van der Waals surface area contributed by atoms with Gasteiger partial charge in [-0.15, -0.1) is 0 Å². The molecule has 0 saturated carbocycles. The van der Waals surface area contributed by atoms with Crippen LogP contribution in [0.2, 0.25) is 0 Å². The molecule has 0 amide bonds. The first kappa shape index (κ1) is 30.9. The number of alkyl halides is 6. The van der Waals surface area contributed by atoms with E-state index in [1.807, 2.05) is 0 Å². The lowest BCUT2D eigenvalue weighted by Gasteiger charge is -2.17. The van der Waals surface area contributed by atoms with Gasteiger partial charge in [-0.3, -0.25) is 0 Å². The standard InChI is InChI=1S/C11H13BrF3NO2.C11H14F3NO2/c1-10(2,17)3-4-18-9-5-7(11(13,14)15)8(12)6-16-9;1-10(2,16)4-6-17-9-7-8(3-5-15-9)11(12,13)14/h5-6,17H,3-4H2,1-2H3;3,5,7,16H,4,6H2,1-2H3. The summed E-state index contributed by atoms with van der Waals surface area (Å²) in [6.45, 7) is 6.57. The molecule has 6 nitrogen and oxygen atoms in total. The Balaban J connectivity index is 0.000000351. The van der Waals surface area contributed by atoms with Crippen molar-refractivity contribution in [1.82, 2.24) is 9.97 Å². The Morgan fingerprint density at radius 3 is 1.71 bits per heavy atom. The van der Waals surface area contributed by atoms with Crippen LogP contribution in [-0.4, -0.2) is 44.6 Å². The van der Waals surface area contributed by atoms with Crippen LogP contribution in [0.15, 0.2) is 35.1 Å². The van der Waals surface area contributed by atoms with Crippen molar-refractivity contribution >= 4 is 15.9 Å². The Morgan fingerprint density at radius 2 is 1.29 bits per heavy atom.